The molecule has 1 aromatic carbocycles. The van der Waals surface area contributed by atoms with Crippen molar-refractivity contribution < 1.29 is 19.0 Å². The number of carbonyl (C=O) groups is 1. The van der Waals surface area contributed by atoms with E-state index in [-0.39, 0.29) is 11.5 Å². The Morgan fingerprint density at radius 3 is 2.56 bits per heavy atom. The molecule has 3 nitrogen and oxygen atoms in total. The molecule has 0 aliphatic heterocycles. The first-order valence-corrected chi connectivity index (χ1v) is 5.14. The van der Waals surface area contributed by atoms with Crippen LogP contribution < -0.4 is 4.74 Å². The van der Waals surface area contributed by atoms with Gasteiger partial charge in [0, 0.05) is 5.56 Å². The van der Waals surface area contributed by atoms with Crippen LogP contribution in [0.2, 0.25) is 0 Å². The minimum Gasteiger partial charge on any atom is -0.504 e. The third kappa shape index (κ3) is 4.29. The predicted octanol–water partition coefficient (Wildman–Crippen LogP) is 2.93. The van der Waals surface area contributed by atoms with Crippen LogP contribution in [0.3, 0.4) is 0 Å². The Labute approximate surface area is 93.9 Å². The van der Waals surface area contributed by atoms with E-state index in [0.717, 1.165) is 5.92 Å². The van der Waals surface area contributed by atoms with E-state index in [2.05, 4.69) is 11.7 Å². The van der Waals surface area contributed by atoms with Crippen molar-refractivity contribution in [2.45, 2.75) is 19.8 Å². The minimum absolute atomic E-state index is 0.0306. The fourth-order valence-corrected chi connectivity index (χ4v) is 0.955. The number of aldehydes is 1. The van der Waals surface area contributed by atoms with Crippen molar-refractivity contribution in [2.75, 3.05) is 6.86 Å². The van der Waals surface area contributed by atoms with Crippen molar-refractivity contribution in [3.05, 3.63) is 23.8 Å². The van der Waals surface area contributed by atoms with Crippen LogP contribution >= 0.6 is 0 Å². The molecule has 0 bridgehead atoms. The van der Waals surface area contributed by atoms with Gasteiger partial charge in [-0.1, -0.05) is 19.8 Å². The van der Waals surface area contributed by atoms with E-state index < -0.39 is 6.86 Å². The summed E-state index contributed by atoms with van der Waals surface area (Å²) in [6.45, 7) is 1.27. The molecule has 0 spiro atoms. The van der Waals surface area contributed by atoms with E-state index in [1.54, 1.807) is 0 Å². The largest absolute Gasteiger partial charge is 0.504 e. The summed E-state index contributed by atoms with van der Waals surface area (Å²) in [4.78, 5) is 10.2. The number of alkyl halides is 1. The van der Waals surface area contributed by atoms with E-state index >= 15 is 0 Å². The standard InChI is InChI=1S/C8H7FO3.C4H8/c9-5-12-8-2-1-6(4-10)3-7(8)11;1-4-2-3-4/h1-4,11H,5H2;4H,2-3H2,1H3. The lowest BCUT2D eigenvalue weighted by molar-refractivity contribution is 0.112. The molecule has 0 aromatic heterocycles. The van der Waals surface area contributed by atoms with Gasteiger partial charge in [-0.3, -0.25) is 4.79 Å². The number of hydrogen-bond acceptors (Lipinski definition) is 3. The van der Waals surface area contributed by atoms with Crippen molar-refractivity contribution in [3.8, 4) is 11.5 Å². The highest BCUT2D eigenvalue weighted by molar-refractivity contribution is 5.76. The van der Waals surface area contributed by atoms with Gasteiger partial charge < -0.3 is 9.84 Å². The van der Waals surface area contributed by atoms with Gasteiger partial charge in [-0.25, -0.2) is 4.39 Å². The lowest BCUT2D eigenvalue weighted by atomic mass is 10.2. The van der Waals surface area contributed by atoms with E-state index in [1.165, 1.54) is 31.0 Å². The van der Waals surface area contributed by atoms with Crippen molar-refractivity contribution >= 4 is 6.29 Å². The van der Waals surface area contributed by atoms with Crippen molar-refractivity contribution in [3.63, 3.8) is 0 Å². The van der Waals surface area contributed by atoms with Crippen LogP contribution in [-0.2, 0) is 0 Å². The molecule has 0 saturated heterocycles. The number of ether oxygens (including phenoxy) is 1. The van der Waals surface area contributed by atoms with E-state index in [1.807, 2.05) is 0 Å². The van der Waals surface area contributed by atoms with Gasteiger partial charge in [0.25, 0.3) is 0 Å². The highest BCUT2D eigenvalue weighted by atomic mass is 19.1. The summed E-state index contributed by atoms with van der Waals surface area (Å²) in [6, 6.07) is 3.97. The molecule has 1 N–H and O–H groups in total. The summed E-state index contributed by atoms with van der Waals surface area (Å²) in [5.74, 6) is 0.875. The summed E-state index contributed by atoms with van der Waals surface area (Å²) in [7, 11) is 0. The zero-order chi connectivity index (χ0) is 12.0. The van der Waals surface area contributed by atoms with Crippen molar-refractivity contribution in [1.82, 2.24) is 0 Å². The Hall–Kier alpha value is -1.58. The van der Waals surface area contributed by atoms with E-state index in [4.69, 9.17) is 5.11 Å². The van der Waals surface area contributed by atoms with Crippen LogP contribution in [0.25, 0.3) is 0 Å². The molecule has 88 valence electrons. The van der Waals surface area contributed by atoms with Crippen LogP contribution in [0.5, 0.6) is 11.5 Å². The van der Waals surface area contributed by atoms with Gasteiger partial charge >= 0.3 is 0 Å². The molecule has 1 saturated carbocycles. The maximum Gasteiger partial charge on any atom is 0.228 e. The topological polar surface area (TPSA) is 46.5 Å². The summed E-state index contributed by atoms with van der Waals surface area (Å²) in [5.41, 5.74) is 0.318. The molecule has 0 amide bonds. The predicted molar refractivity (Wildman–Crippen MR) is 58.5 cm³/mol. The van der Waals surface area contributed by atoms with Gasteiger partial charge in [-0.05, 0) is 24.1 Å². The Morgan fingerprint density at radius 1 is 1.56 bits per heavy atom. The SMILES string of the molecule is CC1CC1.O=Cc1ccc(OCF)c(O)c1. The van der Waals surface area contributed by atoms with Gasteiger partial charge in [0.05, 0.1) is 0 Å². The summed E-state index contributed by atoms with van der Waals surface area (Å²) >= 11 is 0. The second-order valence-corrected chi connectivity index (χ2v) is 3.78. The molecule has 0 heterocycles. The number of hydrogen-bond donors (Lipinski definition) is 1. The van der Waals surface area contributed by atoms with E-state index in [9.17, 15) is 9.18 Å². The number of benzene rings is 1. The first kappa shape index (κ1) is 12.5. The molecule has 0 unspecified atom stereocenters. The minimum atomic E-state index is -1.01. The monoisotopic (exact) mass is 226 g/mol. The van der Waals surface area contributed by atoms with Gasteiger partial charge in [-0.2, -0.15) is 0 Å². The molecule has 0 atom stereocenters. The number of phenolic OH excluding ortho intramolecular Hbond substituents is 1. The first-order valence-electron chi connectivity index (χ1n) is 5.14. The second kappa shape index (κ2) is 6.10. The fourth-order valence-electron chi connectivity index (χ4n) is 0.955. The summed E-state index contributed by atoms with van der Waals surface area (Å²) < 4.78 is 16.0. The van der Waals surface area contributed by atoms with Crippen LogP contribution in [0.4, 0.5) is 4.39 Å². The third-order valence-electron chi connectivity index (χ3n) is 2.20. The summed E-state index contributed by atoms with van der Waals surface area (Å²) in [6.07, 6.45) is 3.55. The highest BCUT2D eigenvalue weighted by Crippen LogP contribution is 2.27. The second-order valence-electron chi connectivity index (χ2n) is 3.78. The molecular weight excluding hydrogens is 211 g/mol. The lowest BCUT2D eigenvalue weighted by Gasteiger charge is -2.03. The molecular formula is C12H15FO3. The zero-order valence-electron chi connectivity index (χ0n) is 9.15. The Bertz CT molecular complexity index is 348. The number of rotatable bonds is 3. The highest BCUT2D eigenvalue weighted by Gasteiger charge is 2.12. The summed E-state index contributed by atoms with van der Waals surface area (Å²) in [5, 5.41) is 9.10. The average Bonchev–Trinajstić information content (AvgIpc) is 3.05. The number of aromatic hydroxyl groups is 1. The van der Waals surface area contributed by atoms with Crippen LogP contribution in [0, 0.1) is 5.92 Å². The average molecular weight is 226 g/mol. The lowest BCUT2D eigenvalue weighted by Crippen LogP contribution is -1.90. The van der Waals surface area contributed by atoms with Crippen LogP contribution in [0.1, 0.15) is 30.1 Å². The molecule has 1 aliphatic carbocycles. The normalized spacial score (nSPS) is 13.6. The molecule has 16 heavy (non-hydrogen) atoms. The molecule has 1 aromatic rings. The van der Waals surface area contributed by atoms with Crippen LogP contribution in [0.15, 0.2) is 18.2 Å². The van der Waals surface area contributed by atoms with Gasteiger partial charge in [0.2, 0.25) is 6.86 Å². The van der Waals surface area contributed by atoms with Crippen molar-refractivity contribution in [1.29, 1.82) is 0 Å². The maximum atomic E-state index is 11.6. The molecule has 1 fully saturated rings. The number of halogens is 1. The fraction of sp³-hybridized carbons (Fsp3) is 0.417. The van der Waals surface area contributed by atoms with Crippen molar-refractivity contribution in [2.24, 2.45) is 5.92 Å². The molecule has 0 radical (unpaired) electrons. The number of phenols is 1. The first-order chi connectivity index (χ1) is 7.67. The molecule has 4 heteroatoms. The Morgan fingerprint density at radius 2 is 2.19 bits per heavy atom. The number of carbonyl (C=O) groups excluding carboxylic acids is 1. The zero-order valence-corrected chi connectivity index (χ0v) is 9.15. The maximum absolute atomic E-state index is 11.6. The van der Waals surface area contributed by atoms with Gasteiger partial charge in [0.15, 0.2) is 11.5 Å². The Balaban J connectivity index is 0.000000267. The molecule has 1 aliphatic rings. The van der Waals surface area contributed by atoms with E-state index in [0.29, 0.717) is 11.8 Å². The Kier molecular flexibility index (Phi) is 4.76. The van der Waals surface area contributed by atoms with Crippen LogP contribution in [-0.4, -0.2) is 18.3 Å². The molecule has 2 rings (SSSR count). The van der Waals surface area contributed by atoms with Gasteiger partial charge in [0.1, 0.15) is 6.29 Å². The smallest absolute Gasteiger partial charge is 0.228 e. The third-order valence-corrected chi connectivity index (χ3v) is 2.20. The van der Waals surface area contributed by atoms with Gasteiger partial charge in [-0.15, -0.1) is 0 Å². The quantitative estimate of drug-likeness (QED) is 0.806.